The lowest BCUT2D eigenvalue weighted by atomic mass is 9.85. The minimum Gasteiger partial charge on any atom is -0.369 e. The van der Waals surface area contributed by atoms with Crippen LogP contribution < -0.4 is 5.32 Å². The molecule has 4 heteroatoms. The molecule has 2 unspecified atom stereocenters. The van der Waals surface area contributed by atoms with Gasteiger partial charge in [-0.15, -0.1) is 0 Å². The van der Waals surface area contributed by atoms with Gasteiger partial charge in [0, 0.05) is 12.6 Å². The molecule has 2 atom stereocenters. The van der Waals surface area contributed by atoms with Gasteiger partial charge in [-0.25, -0.2) is 4.39 Å². The van der Waals surface area contributed by atoms with E-state index in [9.17, 15) is 4.39 Å². The van der Waals surface area contributed by atoms with Crippen LogP contribution in [0.25, 0.3) is 0 Å². The van der Waals surface area contributed by atoms with Gasteiger partial charge in [0.05, 0.1) is 11.9 Å². The largest absolute Gasteiger partial charge is 0.369 e. The Kier molecular flexibility index (Phi) is 4.30. The summed E-state index contributed by atoms with van der Waals surface area (Å²) in [5, 5.41) is 3.47. The van der Waals surface area contributed by atoms with Crippen molar-refractivity contribution in [3.63, 3.8) is 0 Å². The van der Waals surface area contributed by atoms with Crippen LogP contribution in [0.1, 0.15) is 38.8 Å². The number of hydrogen-bond acceptors (Lipinski definition) is 3. The number of halogens is 1. The van der Waals surface area contributed by atoms with E-state index in [0.29, 0.717) is 6.04 Å². The third-order valence-electron chi connectivity index (χ3n) is 3.68. The van der Waals surface area contributed by atoms with E-state index in [1.54, 1.807) is 6.07 Å². The van der Waals surface area contributed by atoms with E-state index in [1.807, 2.05) is 0 Å². The van der Waals surface area contributed by atoms with E-state index >= 15 is 0 Å². The van der Waals surface area contributed by atoms with Gasteiger partial charge in [-0.2, -0.15) is 0 Å². The summed E-state index contributed by atoms with van der Waals surface area (Å²) in [7, 11) is 0. The molecule has 0 amide bonds. The van der Waals surface area contributed by atoms with Crippen LogP contribution in [-0.4, -0.2) is 24.2 Å². The number of aromatic nitrogens is 1. The van der Waals surface area contributed by atoms with Crippen molar-refractivity contribution in [3.8, 4) is 0 Å². The number of ether oxygens (including phenoxy) is 1. The van der Waals surface area contributed by atoms with E-state index in [-0.39, 0.29) is 11.4 Å². The molecule has 0 bridgehead atoms. The average molecular weight is 252 g/mol. The van der Waals surface area contributed by atoms with E-state index in [4.69, 9.17) is 4.74 Å². The standard InChI is InChI=1S/C14H21FN2O/c1-3-14(13-6-5-11(15)10-17-13)9-12(16-4-2)7-8-18-14/h5-6,10,12,16H,3-4,7-9H2,1-2H3. The summed E-state index contributed by atoms with van der Waals surface area (Å²) in [4.78, 5) is 4.21. The Balaban J connectivity index is 2.21. The molecule has 0 saturated carbocycles. The molecule has 1 saturated heterocycles. The first-order valence-electron chi connectivity index (χ1n) is 6.69. The predicted molar refractivity (Wildman–Crippen MR) is 68.8 cm³/mol. The Hall–Kier alpha value is -1.00. The molecule has 1 aliphatic heterocycles. The highest BCUT2D eigenvalue weighted by Crippen LogP contribution is 2.37. The lowest BCUT2D eigenvalue weighted by Crippen LogP contribution is -2.45. The van der Waals surface area contributed by atoms with Gasteiger partial charge in [-0.1, -0.05) is 13.8 Å². The maximum absolute atomic E-state index is 13.0. The zero-order chi connectivity index (χ0) is 13.0. The molecule has 0 aliphatic carbocycles. The molecule has 1 N–H and O–H groups in total. The lowest BCUT2D eigenvalue weighted by Gasteiger charge is -2.40. The van der Waals surface area contributed by atoms with Gasteiger partial charge in [-0.05, 0) is 37.9 Å². The summed E-state index contributed by atoms with van der Waals surface area (Å²) in [6.45, 7) is 5.89. The summed E-state index contributed by atoms with van der Waals surface area (Å²) in [5.74, 6) is -0.302. The number of pyridine rings is 1. The van der Waals surface area contributed by atoms with Crippen molar-refractivity contribution in [1.29, 1.82) is 0 Å². The Morgan fingerprint density at radius 2 is 2.33 bits per heavy atom. The minimum absolute atomic E-state index is 0.302. The molecule has 0 radical (unpaired) electrons. The molecule has 0 aromatic carbocycles. The number of hydrogen-bond donors (Lipinski definition) is 1. The molecule has 1 aromatic rings. The van der Waals surface area contributed by atoms with E-state index in [1.165, 1.54) is 12.3 Å². The van der Waals surface area contributed by atoms with Crippen LogP contribution in [-0.2, 0) is 10.3 Å². The average Bonchev–Trinajstić information content (AvgIpc) is 2.40. The highest BCUT2D eigenvalue weighted by molar-refractivity contribution is 5.15. The van der Waals surface area contributed by atoms with Crippen molar-refractivity contribution >= 4 is 0 Å². The van der Waals surface area contributed by atoms with Gasteiger partial charge in [0.2, 0.25) is 0 Å². The lowest BCUT2D eigenvalue weighted by molar-refractivity contribution is -0.0994. The van der Waals surface area contributed by atoms with Crippen LogP contribution in [0.2, 0.25) is 0 Å². The third-order valence-corrected chi connectivity index (χ3v) is 3.68. The number of rotatable bonds is 4. The Morgan fingerprint density at radius 1 is 1.50 bits per heavy atom. The van der Waals surface area contributed by atoms with Crippen LogP contribution >= 0.6 is 0 Å². The molecule has 2 heterocycles. The van der Waals surface area contributed by atoms with Gasteiger partial charge in [0.15, 0.2) is 0 Å². The van der Waals surface area contributed by atoms with Crippen molar-refractivity contribution in [2.75, 3.05) is 13.2 Å². The quantitative estimate of drug-likeness (QED) is 0.894. The molecule has 3 nitrogen and oxygen atoms in total. The van der Waals surface area contributed by atoms with Gasteiger partial charge in [-0.3, -0.25) is 4.98 Å². The Bertz CT molecular complexity index is 380. The Morgan fingerprint density at radius 3 is 2.94 bits per heavy atom. The fraction of sp³-hybridized carbons (Fsp3) is 0.643. The zero-order valence-electron chi connectivity index (χ0n) is 11.1. The molecular weight excluding hydrogens is 231 g/mol. The van der Waals surface area contributed by atoms with Crippen LogP contribution in [0.3, 0.4) is 0 Å². The molecule has 0 spiro atoms. The van der Waals surface area contributed by atoms with Crippen molar-refractivity contribution < 1.29 is 9.13 Å². The van der Waals surface area contributed by atoms with Crippen molar-refractivity contribution in [3.05, 3.63) is 29.8 Å². The molecule has 100 valence electrons. The summed E-state index contributed by atoms with van der Waals surface area (Å²) in [5.41, 5.74) is 0.479. The summed E-state index contributed by atoms with van der Waals surface area (Å²) >= 11 is 0. The molecule has 1 aromatic heterocycles. The van der Waals surface area contributed by atoms with Crippen LogP contribution in [0.5, 0.6) is 0 Å². The smallest absolute Gasteiger partial charge is 0.141 e. The zero-order valence-corrected chi connectivity index (χ0v) is 11.1. The molecule has 1 fully saturated rings. The fourth-order valence-electron chi connectivity index (χ4n) is 2.67. The van der Waals surface area contributed by atoms with Crippen molar-refractivity contribution in [2.45, 2.75) is 44.8 Å². The van der Waals surface area contributed by atoms with Gasteiger partial charge >= 0.3 is 0 Å². The Labute approximate surface area is 108 Å². The maximum atomic E-state index is 13.0. The molecular formula is C14H21FN2O. The first-order valence-corrected chi connectivity index (χ1v) is 6.69. The number of nitrogens with one attached hydrogen (secondary N) is 1. The van der Waals surface area contributed by atoms with Crippen molar-refractivity contribution in [2.24, 2.45) is 0 Å². The second kappa shape index (κ2) is 5.76. The van der Waals surface area contributed by atoms with E-state index in [2.05, 4.69) is 24.1 Å². The highest BCUT2D eigenvalue weighted by Gasteiger charge is 2.38. The highest BCUT2D eigenvalue weighted by atomic mass is 19.1. The topological polar surface area (TPSA) is 34.1 Å². The van der Waals surface area contributed by atoms with Crippen LogP contribution in [0.15, 0.2) is 18.3 Å². The van der Waals surface area contributed by atoms with Crippen LogP contribution in [0.4, 0.5) is 4.39 Å². The molecule has 18 heavy (non-hydrogen) atoms. The van der Waals surface area contributed by atoms with Gasteiger partial charge in [0.1, 0.15) is 11.4 Å². The third kappa shape index (κ3) is 2.70. The monoisotopic (exact) mass is 252 g/mol. The second-order valence-corrected chi connectivity index (χ2v) is 4.81. The fourth-order valence-corrected chi connectivity index (χ4v) is 2.67. The molecule has 1 aliphatic rings. The first-order chi connectivity index (χ1) is 8.70. The van der Waals surface area contributed by atoms with Crippen molar-refractivity contribution in [1.82, 2.24) is 10.3 Å². The normalized spacial score (nSPS) is 28.3. The maximum Gasteiger partial charge on any atom is 0.141 e. The first kappa shape index (κ1) is 13.4. The summed E-state index contributed by atoms with van der Waals surface area (Å²) in [6.07, 6.45) is 4.05. The van der Waals surface area contributed by atoms with Gasteiger partial charge in [0.25, 0.3) is 0 Å². The summed E-state index contributed by atoms with van der Waals surface area (Å²) in [6, 6.07) is 3.66. The predicted octanol–water partition coefficient (Wildman–Crippen LogP) is 2.61. The van der Waals surface area contributed by atoms with E-state index < -0.39 is 0 Å². The summed E-state index contributed by atoms with van der Waals surface area (Å²) < 4.78 is 19.0. The number of nitrogens with zero attached hydrogens (tertiary/aromatic N) is 1. The second-order valence-electron chi connectivity index (χ2n) is 4.81. The SMILES string of the molecule is CCNC1CCOC(CC)(c2ccc(F)cn2)C1. The van der Waals surface area contributed by atoms with E-state index in [0.717, 1.165) is 38.1 Å². The van der Waals surface area contributed by atoms with Crippen LogP contribution in [0, 0.1) is 5.82 Å². The minimum atomic E-state index is -0.362. The molecule has 2 rings (SSSR count). The van der Waals surface area contributed by atoms with Gasteiger partial charge < -0.3 is 10.1 Å².